The maximum atomic E-state index is 3.39. The van der Waals surface area contributed by atoms with E-state index in [4.69, 9.17) is 0 Å². The fourth-order valence-corrected chi connectivity index (χ4v) is 3.51. The molecule has 126 valence electrons. The van der Waals surface area contributed by atoms with Crippen molar-refractivity contribution >= 4 is 11.8 Å². The monoisotopic (exact) mass is 321 g/mol. The van der Waals surface area contributed by atoms with Crippen LogP contribution in [0.25, 0.3) is 0 Å². The summed E-state index contributed by atoms with van der Waals surface area (Å²) in [6.07, 6.45) is 9.13. The summed E-state index contributed by atoms with van der Waals surface area (Å²) in [7, 11) is 2.02. The topological polar surface area (TPSA) is 12.0 Å². The van der Waals surface area contributed by atoms with Gasteiger partial charge in [0.25, 0.3) is 0 Å². The predicted octanol–water partition coefficient (Wildman–Crippen LogP) is 6.47. The molecule has 0 heterocycles. The first kappa shape index (κ1) is 21.1. The Morgan fingerprint density at radius 2 is 1.82 bits per heavy atom. The number of rotatable bonds is 9. The van der Waals surface area contributed by atoms with Crippen LogP contribution in [0.2, 0.25) is 0 Å². The van der Waals surface area contributed by atoms with Gasteiger partial charge in [0.1, 0.15) is 0 Å². The second kappa shape index (κ2) is 11.6. The highest BCUT2D eigenvalue weighted by molar-refractivity contribution is 8.03. The zero-order valence-electron chi connectivity index (χ0n) is 15.8. The van der Waals surface area contributed by atoms with Gasteiger partial charge >= 0.3 is 0 Å². The summed E-state index contributed by atoms with van der Waals surface area (Å²) >= 11 is 1.95. The van der Waals surface area contributed by atoms with Crippen molar-refractivity contribution in [2.75, 3.05) is 12.8 Å². The summed E-state index contributed by atoms with van der Waals surface area (Å²) in [4.78, 5) is 1.46. The lowest BCUT2D eigenvalue weighted by atomic mass is 9.92. The van der Waals surface area contributed by atoms with E-state index in [0.29, 0.717) is 5.92 Å². The Labute approximate surface area is 143 Å². The van der Waals surface area contributed by atoms with Gasteiger partial charge in [0, 0.05) is 12.7 Å². The normalized spacial score (nSPS) is 15.2. The third-order valence-corrected chi connectivity index (χ3v) is 4.74. The third-order valence-electron chi connectivity index (χ3n) is 3.67. The Morgan fingerprint density at radius 1 is 1.18 bits per heavy atom. The largest absolute Gasteiger partial charge is 0.391 e. The molecule has 0 bridgehead atoms. The molecule has 0 aliphatic heterocycles. The Morgan fingerprint density at radius 3 is 2.18 bits per heavy atom. The van der Waals surface area contributed by atoms with E-state index in [1.165, 1.54) is 27.3 Å². The summed E-state index contributed by atoms with van der Waals surface area (Å²) in [5.41, 5.74) is 5.38. The standard InChI is InChI=1S/C20H35NS/c1-9-13-17(14-18(10-2)22-12-4)19(11-3)16(7)20(21-8)15(5)6/h11,13-15,21H,9-10,12H2,1-8H3/b17-13+,18-14+,19-11?,20-16+. The average molecular weight is 322 g/mol. The first-order valence-corrected chi connectivity index (χ1v) is 9.54. The Balaban J connectivity index is 5.89. The molecule has 2 heteroatoms. The molecule has 0 aromatic heterocycles. The lowest BCUT2D eigenvalue weighted by Crippen LogP contribution is -2.15. The fourth-order valence-electron chi connectivity index (χ4n) is 2.73. The number of hydrogen-bond acceptors (Lipinski definition) is 2. The summed E-state index contributed by atoms with van der Waals surface area (Å²) in [6, 6.07) is 0. The second-order valence-electron chi connectivity index (χ2n) is 5.61. The second-order valence-corrected chi connectivity index (χ2v) is 7.00. The summed E-state index contributed by atoms with van der Waals surface area (Å²) in [5, 5.41) is 3.39. The van der Waals surface area contributed by atoms with Crippen molar-refractivity contribution in [3.8, 4) is 0 Å². The lowest BCUT2D eigenvalue weighted by molar-refractivity contribution is 0.688. The van der Waals surface area contributed by atoms with Gasteiger partial charge in [0.05, 0.1) is 0 Å². The van der Waals surface area contributed by atoms with Crippen LogP contribution in [0.1, 0.15) is 61.3 Å². The van der Waals surface area contributed by atoms with Gasteiger partial charge in [-0.25, -0.2) is 0 Å². The summed E-state index contributed by atoms with van der Waals surface area (Å²) in [6.45, 7) is 15.5. The van der Waals surface area contributed by atoms with Crippen molar-refractivity contribution in [1.29, 1.82) is 0 Å². The molecule has 0 unspecified atom stereocenters. The molecule has 1 N–H and O–H groups in total. The van der Waals surface area contributed by atoms with Crippen molar-refractivity contribution in [3.05, 3.63) is 45.5 Å². The van der Waals surface area contributed by atoms with Crippen molar-refractivity contribution in [2.24, 2.45) is 5.92 Å². The third kappa shape index (κ3) is 6.48. The molecule has 0 aromatic rings. The van der Waals surface area contributed by atoms with Crippen LogP contribution in [0.5, 0.6) is 0 Å². The highest BCUT2D eigenvalue weighted by Gasteiger charge is 2.12. The zero-order chi connectivity index (χ0) is 17.1. The number of thioether (sulfide) groups is 1. The molecule has 0 aliphatic carbocycles. The molecule has 22 heavy (non-hydrogen) atoms. The summed E-state index contributed by atoms with van der Waals surface area (Å²) < 4.78 is 0. The van der Waals surface area contributed by atoms with E-state index in [1.807, 2.05) is 18.8 Å². The first-order chi connectivity index (χ1) is 10.5. The van der Waals surface area contributed by atoms with Crippen LogP contribution >= 0.6 is 11.8 Å². The van der Waals surface area contributed by atoms with Gasteiger partial charge in [0.15, 0.2) is 0 Å². The van der Waals surface area contributed by atoms with Crippen LogP contribution in [0.4, 0.5) is 0 Å². The van der Waals surface area contributed by atoms with E-state index >= 15 is 0 Å². The Hall–Kier alpha value is -0.890. The average Bonchev–Trinajstić information content (AvgIpc) is 2.47. The lowest BCUT2D eigenvalue weighted by Gasteiger charge is -2.19. The minimum atomic E-state index is 0.502. The van der Waals surface area contributed by atoms with Gasteiger partial charge in [-0.15, -0.1) is 11.8 Å². The van der Waals surface area contributed by atoms with E-state index in [2.05, 4.69) is 72.0 Å². The zero-order valence-corrected chi connectivity index (χ0v) is 16.7. The molecule has 0 amide bonds. The van der Waals surface area contributed by atoms with Crippen molar-refractivity contribution in [3.63, 3.8) is 0 Å². The number of hydrogen-bond donors (Lipinski definition) is 1. The highest BCUT2D eigenvalue weighted by atomic mass is 32.2. The molecule has 0 atom stereocenters. The van der Waals surface area contributed by atoms with E-state index in [9.17, 15) is 0 Å². The molecule has 0 rings (SSSR count). The fraction of sp³-hybridized carbons (Fsp3) is 0.600. The predicted molar refractivity (Wildman–Crippen MR) is 105 cm³/mol. The maximum Gasteiger partial charge on any atom is 0.0166 e. The maximum absolute atomic E-state index is 3.39. The first-order valence-electron chi connectivity index (χ1n) is 8.55. The highest BCUT2D eigenvalue weighted by Crippen LogP contribution is 2.29. The molecular formula is C20H35NS. The van der Waals surface area contributed by atoms with E-state index in [1.54, 1.807) is 0 Å². The summed E-state index contributed by atoms with van der Waals surface area (Å²) in [5.74, 6) is 1.63. The van der Waals surface area contributed by atoms with Gasteiger partial charge in [0.2, 0.25) is 0 Å². The minimum absolute atomic E-state index is 0.502. The van der Waals surface area contributed by atoms with Crippen LogP contribution < -0.4 is 5.32 Å². The molecule has 0 saturated carbocycles. The quantitative estimate of drug-likeness (QED) is 0.489. The van der Waals surface area contributed by atoms with Crippen LogP contribution in [-0.2, 0) is 0 Å². The van der Waals surface area contributed by atoms with E-state index in [-0.39, 0.29) is 0 Å². The Bertz CT molecular complexity index is 450. The van der Waals surface area contributed by atoms with Gasteiger partial charge in [-0.2, -0.15) is 0 Å². The molecule has 0 spiro atoms. The van der Waals surface area contributed by atoms with Crippen LogP contribution in [0.15, 0.2) is 45.5 Å². The molecule has 0 aliphatic rings. The van der Waals surface area contributed by atoms with Crippen LogP contribution in [-0.4, -0.2) is 12.8 Å². The number of nitrogens with one attached hydrogen (secondary N) is 1. The molecule has 0 radical (unpaired) electrons. The number of allylic oxidation sites excluding steroid dienone is 8. The Kier molecular flexibility index (Phi) is 11.2. The molecule has 0 aromatic carbocycles. The van der Waals surface area contributed by atoms with Crippen molar-refractivity contribution in [2.45, 2.75) is 61.3 Å². The van der Waals surface area contributed by atoms with Crippen molar-refractivity contribution < 1.29 is 0 Å². The molecule has 1 nitrogen and oxygen atoms in total. The molecule has 0 saturated heterocycles. The molecule has 0 fully saturated rings. The smallest absolute Gasteiger partial charge is 0.0166 e. The van der Waals surface area contributed by atoms with Gasteiger partial charge < -0.3 is 5.32 Å². The van der Waals surface area contributed by atoms with Gasteiger partial charge in [-0.3, -0.25) is 0 Å². The molecular weight excluding hydrogens is 286 g/mol. The van der Waals surface area contributed by atoms with Crippen molar-refractivity contribution in [1.82, 2.24) is 5.32 Å². The van der Waals surface area contributed by atoms with Gasteiger partial charge in [-0.05, 0) is 66.1 Å². The van der Waals surface area contributed by atoms with Gasteiger partial charge in [-0.1, -0.05) is 46.8 Å². The van der Waals surface area contributed by atoms with Crippen LogP contribution in [0, 0.1) is 5.92 Å². The van der Waals surface area contributed by atoms with Crippen LogP contribution in [0.3, 0.4) is 0 Å². The van der Waals surface area contributed by atoms with E-state index < -0.39 is 0 Å². The van der Waals surface area contributed by atoms with E-state index in [0.717, 1.165) is 18.6 Å². The minimum Gasteiger partial charge on any atom is -0.391 e. The SMILES string of the molecule is CC=C(C(/C=C(\CC)SCC)=C/CC)/C(C)=C(/NC)C(C)C.